The van der Waals surface area contributed by atoms with Gasteiger partial charge in [0.1, 0.15) is 0 Å². The monoisotopic (exact) mass is 330 g/mol. The van der Waals surface area contributed by atoms with Crippen LogP contribution in [0.2, 0.25) is 0 Å². The maximum absolute atomic E-state index is 8.59. The van der Waals surface area contributed by atoms with E-state index in [1.54, 1.807) is 0 Å². The minimum absolute atomic E-state index is 0. The molecular weight excluding hydrogens is 332 g/mol. The van der Waals surface area contributed by atoms with Crippen molar-refractivity contribution in [2.75, 3.05) is 0 Å². The summed E-state index contributed by atoms with van der Waals surface area (Å²) in [4.78, 5) is 0. The third kappa shape index (κ3) is 98.1. The number of hydrogen-bond donors (Lipinski definition) is 0. The van der Waals surface area contributed by atoms with Crippen LogP contribution in [0.15, 0.2) is 0 Å². The zero-order valence-corrected chi connectivity index (χ0v) is 6.88. The molecule has 0 atom stereocenters. The maximum atomic E-state index is 8.59. The van der Waals surface area contributed by atoms with Gasteiger partial charge < -0.3 is 0 Å². The molecule has 0 aromatic rings. The van der Waals surface area contributed by atoms with Crippen LogP contribution in [0.1, 0.15) is 0 Å². The molecule has 0 saturated carbocycles. The molecular formula is Ag2CrO4. The van der Waals surface area contributed by atoms with Crippen LogP contribution in [-0.2, 0) is 66.0 Å². The Morgan fingerprint density at radius 2 is 1.00 bits per heavy atom. The summed E-state index contributed by atoms with van der Waals surface area (Å²) in [6.07, 6.45) is 0. The Morgan fingerprint density at radius 1 is 1.00 bits per heavy atom. The van der Waals surface area contributed by atoms with Gasteiger partial charge in [-0.25, -0.2) is 0 Å². The van der Waals surface area contributed by atoms with Crippen LogP contribution >= 0.6 is 0 Å². The molecule has 0 saturated heterocycles. The molecule has 0 fully saturated rings. The van der Waals surface area contributed by atoms with Crippen LogP contribution in [0, 0.1) is 0 Å². The van der Waals surface area contributed by atoms with E-state index in [0.717, 1.165) is 0 Å². The van der Waals surface area contributed by atoms with Crippen molar-refractivity contribution < 1.29 is 74.3 Å². The van der Waals surface area contributed by atoms with Crippen molar-refractivity contribution >= 4 is 0 Å². The molecule has 0 amide bonds. The van der Waals surface area contributed by atoms with Crippen molar-refractivity contribution in [3.05, 3.63) is 0 Å². The molecule has 0 aliphatic heterocycles. The molecule has 0 heterocycles. The summed E-state index contributed by atoms with van der Waals surface area (Å²) in [5.74, 6) is 0. The fourth-order valence-corrected chi connectivity index (χ4v) is 0. The Morgan fingerprint density at radius 3 is 1.00 bits per heavy atom. The first-order valence-electron chi connectivity index (χ1n) is 0.667. The zero-order valence-electron chi connectivity index (χ0n) is 2.64. The summed E-state index contributed by atoms with van der Waals surface area (Å²) >= 11 is -5.75. The van der Waals surface area contributed by atoms with Gasteiger partial charge in [-0.15, -0.1) is 0 Å². The molecule has 0 aromatic carbocycles. The van der Waals surface area contributed by atoms with Gasteiger partial charge in [-0.2, -0.15) is 0 Å². The molecule has 0 N–H and O–H groups in total. The van der Waals surface area contributed by atoms with Crippen molar-refractivity contribution in [2.45, 2.75) is 0 Å². The Labute approximate surface area is 73.7 Å². The van der Waals surface area contributed by atoms with E-state index in [2.05, 4.69) is 0 Å². The normalized spacial score (nSPS) is 8.29. The van der Waals surface area contributed by atoms with Gasteiger partial charge in [0.15, 0.2) is 0 Å². The number of rotatable bonds is 0. The van der Waals surface area contributed by atoms with Crippen molar-refractivity contribution in [1.29, 1.82) is 0 Å². The Kier molecular flexibility index (Phi) is 12.8. The Hall–Kier alpha value is 1.53. The molecule has 0 aromatic heterocycles. The van der Waals surface area contributed by atoms with Crippen LogP contribution in [0.25, 0.3) is 0 Å². The summed E-state index contributed by atoms with van der Waals surface area (Å²) in [5.41, 5.74) is 0. The van der Waals surface area contributed by atoms with Gasteiger partial charge in [-0.1, -0.05) is 0 Å². The molecule has 52 valence electrons. The van der Waals surface area contributed by atoms with Crippen LogP contribution < -0.4 is 8.32 Å². The van der Waals surface area contributed by atoms with E-state index in [0.29, 0.717) is 0 Å². The molecule has 0 unspecified atom stereocenters. The van der Waals surface area contributed by atoms with E-state index in [1.807, 2.05) is 0 Å². The summed E-state index contributed by atoms with van der Waals surface area (Å²) in [7, 11) is 0. The molecule has 0 bridgehead atoms. The molecule has 0 radical (unpaired) electrons. The van der Waals surface area contributed by atoms with E-state index in [9.17, 15) is 0 Å². The topological polar surface area (TPSA) is 80.3 Å². The van der Waals surface area contributed by atoms with Gasteiger partial charge in [0.2, 0.25) is 0 Å². The second-order valence-electron chi connectivity index (χ2n) is 0.408. The van der Waals surface area contributed by atoms with Gasteiger partial charge in [0, 0.05) is 0 Å². The zero-order chi connectivity index (χ0) is 4.50. The minimum atomic E-state index is -5.75. The predicted octanol–water partition coefficient (Wildman–Crippen LogP) is -2.62. The van der Waals surface area contributed by atoms with Gasteiger partial charge in [-0.05, 0) is 0 Å². The SMILES string of the molecule is [Ag+].[Ag+].[O]=[Cr](=[O])([O-])[O-]. The molecule has 7 heteroatoms. The first-order valence-corrected chi connectivity index (χ1v) is 2.75. The average molecular weight is 332 g/mol. The van der Waals surface area contributed by atoms with Crippen molar-refractivity contribution in [2.24, 2.45) is 0 Å². The van der Waals surface area contributed by atoms with E-state index >= 15 is 0 Å². The first kappa shape index (κ1) is 15.8. The van der Waals surface area contributed by atoms with Gasteiger partial charge in [-0.3, -0.25) is 0 Å². The van der Waals surface area contributed by atoms with E-state index < -0.39 is 13.6 Å². The molecule has 0 aliphatic rings. The summed E-state index contributed by atoms with van der Waals surface area (Å²) < 4.78 is 34.4. The fourth-order valence-electron chi connectivity index (χ4n) is 0. The summed E-state index contributed by atoms with van der Waals surface area (Å²) in [6.45, 7) is 0. The third-order valence-corrected chi connectivity index (χ3v) is 0. The van der Waals surface area contributed by atoms with E-state index in [1.165, 1.54) is 0 Å². The summed E-state index contributed by atoms with van der Waals surface area (Å²) in [5, 5.41) is 0. The van der Waals surface area contributed by atoms with Crippen LogP contribution in [0.5, 0.6) is 0 Å². The van der Waals surface area contributed by atoms with Gasteiger partial charge in [0.25, 0.3) is 0 Å². The van der Waals surface area contributed by atoms with E-state index in [4.69, 9.17) is 15.9 Å². The second-order valence-corrected chi connectivity index (χ2v) is 1.68. The fraction of sp³-hybridized carbons (Fsp3) is 0. The number of hydrogen-bond acceptors (Lipinski definition) is 4. The molecule has 0 spiro atoms. The van der Waals surface area contributed by atoms with Gasteiger partial charge >= 0.3 is 74.3 Å². The van der Waals surface area contributed by atoms with Crippen LogP contribution in [-0.4, -0.2) is 0 Å². The quantitative estimate of drug-likeness (QED) is 0.455. The third-order valence-electron chi connectivity index (χ3n) is 0. The van der Waals surface area contributed by atoms with E-state index in [-0.39, 0.29) is 44.8 Å². The van der Waals surface area contributed by atoms with Crippen LogP contribution in [0.4, 0.5) is 0 Å². The standard InChI is InChI=1S/2Ag.Cr.4O/q2*+1;;;;2*-1. The molecule has 0 aliphatic carbocycles. The average Bonchev–Trinajstić information content (AvgIpc) is 0.722. The molecule has 0 rings (SSSR count). The van der Waals surface area contributed by atoms with Crippen molar-refractivity contribution in [3.63, 3.8) is 0 Å². The Balaban J connectivity index is -0.0000000800. The van der Waals surface area contributed by atoms with Gasteiger partial charge in [0.05, 0.1) is 0 Å². The first-order chi connectivity index (χ1) is 2.00. The second kappa shape index (κ2) is 5.67. The molecule has 7 heavy (non-hydrogen) atoms. The van der Waals surface area contributed by atoms with Crippen LogP contribution in [0.3, 0.4) is 0 Å². The predicted molar refractivity (Wildman–Crippen MR) is 1.37 cm³/mol. The van der Waals surface area contributed by atoms with Crippen molar-refractivity contribution in [1.82, 2.24) is 0 Å². The molecule has 4 nitrogen and oxygen atoms in total. The Bertz CT molecular complexity index is 92.9. The van der Waals surface area contributed by atoms with Crippen molar-refractivity contribution in [3.8, 4) is 0 Å². The summed E-state index contributed by atoms with van der Waals surface area (Å²) in [6, 6.07) is 0.